The van der Waals surface area contributed by atoms with Gasteiger partial charge in [-0.05, 0) is 0 Å². The smallest absolute Gasteiger partial charge is 0.226 e. The summed E-state index contributed by atoms with van der Waals surface area (Å²) >= 11 is 0. The number of H-pyrrole nitrogens is 1. The Bertz CT molecular complexity index is 233. The Morgan fingerprint density at radius 1 is 1.83 bits per heavy atom. The van der Waals surface area contributed by atoms with Gasteiger partial charge in [-0.2, -0.15) is 5.10 Å². The predicted molar refractivity (Wildman–Crippen MR) is 43.7 cm³/mol. The second-order valence-electron chi connectivity index (χ2n) is 2.28. The molecule has 1 amide bonds. The van der Waals surface area contributed by atoms with Gasteiger partial charge in [0.25, 0.3) is 0 Å². The third-order valence-corrected chi connectivity index (χ3v) is 1.32. The number of anilines is 1. The number of rotatable bonds is 4. The van der Waals surface area contributed by atoms with E-state index in [2.05, 4.69) is 15.5 Å². The average molecular weight is 169 g/mol. The molecule has 66 valence electrons. The molecule has 0 aliphatic carbocycles. The zero-order valence-corrected chi connectivity index (χ0v) is 6.83. The van der Waals surface area contributed by atoms with E-state index in [-0.39, 0.29) is 5.91 Å². The van der Waals surface area contributed by atoms with Crippen LogP contribution in [-0.2, 0) is 9.53 Å². The van der Waals surface area contributed by atoms with Crippen molar-refractivity contribution in [1.82, 2.24) is 10.2 Å². The van der Waals surface area contributed by atoms with Crippen LogP contribution >= 0.6 is 0 Å². The highest BCUT2D eigenvalue weighted by atomic mass is 16.5. The molecule has 0 unspecified atom stereocenters. The SMILES string of the molecule is COCCC(=O)Nc1cn[nH]c1. The molecule has 12 heavy (non-hydrogen) atoms. The predicted octanol–water partition coefficient (Wildman–Crippen LogP) is 0.385. The van der Waals surface area contributed by atoms with Gasteiger partial charge in [-0.1, -0.05) is 0 Å². The largest absolute Gasteiger partial charge is 0.384 e. The second kappa shape index (κ2) is 4.50. The van der Waals surface area contributed by atoms with Crippen LogP contribution in [0, 0.1) is 0 Å². The lowest BCUT2D eigenvalue weighted by Gasteiger charge is -1.99. The highest BCUT2D eigenvalue weighted by Crippen LogP contribution is 2.01. The van der Waals surface area contributed by atoms with E-state index in [0.29, 0.717) is 18.7 Å². The van der Waals surface area contributed by atoms with Gasteiger partial charge in [0.2, 0.25) is 5.91 Å². The lowest BCUT2D eigenvalue weighted by atomic mass is 10.4. The minimum Gasteiger partial charge on any atom is -0.384 e. The molecule has 1 aromatic heterocycles. The molecule has 0 spiro atoms. The van der Waals surface area contributed by atoms with Gasteiger partial charge in [-0.15, -0.1) is 0 Å². The normalized spacial score (nSPS) is 9.75. The lowest BCUT2D eigenvalue weighted by molar-refractivity contribution is -0.117. The molecule has 0 saturated carbocycles. The van der Waals surface area contributed by atoms with Crippen LogP contribution in [0.5, 0.6) is 0 Å². The van der Waals surface area contributed by atoms with Crippen molar-refractivity contribution in [2.75, 3.05) is 19.0 Å². The van der Waals surface area contributed by atoms with Crippen LogP contribution in [0.4, 0.5) is 5.69 Å². The first-order valence-electron chi connectivity index (χ1n) is 3.60. The minimum atomic E-state index is -0.0711. The maximum Gasteiger partial charge on any atom is 0.226 e. The zero-order valence-electron chi connectivity index (χ0n) is 6.83. The summed E-state index contributed by atoms with van der Waals surface area (Å²) in [6.45, 7) is 0.434. The van der Waals surface area contributed by atoms with E-state index in [1.807, 2.05) is 0 Å². The van der Waals surface area contributed by atoms with Crippen LogP contribution < -0.4 is 5.32 Å². The van der Waals surface area contributed by atoms with E-state index in [1.165, 1.54) is 0 Å². The standard InChI is InChI=1S/C7H11N3O2/c1-12-3-2-7(11)10-6-4-8-9-5-6/h4-5H,2-3H2,1H3,(H,8,9)(H,10,11). The van der Waals surface area contributed by atoms with E-state index in [1.54, 1.807) is 19.5 Å². The van der Waals surface area contributed by atoms with Crippen molar-refractivity contribution < 1.29 is 9.53 Å². The van der Waals surface area contributed by atoms with Crippen molar-refractivity contribution in [2.24, 2.45) is 0 Å². The molecular weight excluding hydrogens is 158 g/mol. The van der Waals surface area contributed by atoms with Crippen LogP contribution in [0.25, 0.3) is 0 Å². The van der Waals surface area contributed by atoms with Gasteiger partial charge in [0.05, 0.1) is 24.9 Å². The van der Waals surface area contributed by atoms with E-state index in [4.69, 9.17) is 4.74 Å². The summed E-state index contributed by atoms with van der Waals surface area (Å²) in [5.74, 6) is -0.0711. The summed E-state index contributed by atoms with van der Waals surface area (Å²) in [5, 5.41) is 8.92. The Hall–Kier alpha value is -1.36. The van der Waals surface area contributed by atoms with Gasteiger partial charge < -0.3 is 10.1 Å². The molecule has 1 rings (SSSR count). The topological polar surface area (TPSA) is 67.0 Å². The number of amides is 1. The summed E-state index contributed by atoms with van der Waals surface area (Å²) in [7, 11) is 1.56. The molecule has 0 atom stereocenters. The first-order chi connectivity index (χ1) is 5.83. The number of hydrogen-bond acceptors (Lipinski definition) is 3. The molecule has 0 bridgehead atoms. The van der Waals surface area contributed by atoms with Crippen LogP contribution in [0.15, 0.2) is 12.4 Å². The summed E-state index contributed by atoms with van der Waals surface area (Å²) in [6, 6.07) is 0. The van der Waals surface area contributed by atoms with Crippen molar-refractivity contribution in [3.05, 3.63) is 12.4 Å². The van der Waals surface area contributed by atoms with Crippen molar-refractivity contribution >= 4 is 11.6 Å². The average Bonchev–Trinajstić information content (AvgIpc) is 2.53. The summed E-state index contributed by atoms with van der Waals surface area (Å²) in [6.07, 6.45) is 3.52. The van der Waals surface area contributed by atoms with Crippen LogP contribution in [0.2, 0.25) is 0 Å². The third-order valence-electron chi connectivity index (χ3n) is 1.32. The fourth-order valence-electron chi connectivity index (χ4n) is 0.737. The van der Waals surface area contributed by atoms with Crippen LogP contribution in [0.3, 0.4) is 0 Å². The maximum absolute atomic E-state index is 11.0. The molecule has 0 aliphatic heterocycles. The molecule has 1 aromatic rings. The van der Waals surface area contributed by atoms with Crippen molar-refractivity contribution in [1.29, 1.82) is 0 Å². The number of aromatic amines is 1. The zero-order chi connectivity index (χ0) is 8.81. The molecule has 0 saturated heterocycles. The van der Waals surface area contributed by atoms with Gasteiger partial charge in [-0.25, -0.2) is 0 Å². The Kier molecular flexibility index (Phi) is 3.28. The fourth-order valence-corrected chi connectivity index (χ4v) is 0.737. The van der Waals surface area contributed by atoms with Gasteiger partial charge >= 0.3 is 0 Å². The Balaban J connectivity index is 2.27. The van der Waals surface area contributed by atoms with E-state index in [9.17, 15) is 4.79 Å². The molecule has 1 heterocycles. The Morgan fingerprint density at radius 3 is 3.25 bits per heavy atom. The number of nitrogens with one attached hydrogen (secondary N) is 2. The summed E-state index contributed by atoms with van der Waals surface area (Å²) < 4.78 is 4.75. The van der Waals surface area contributed by atoms with Gasteiger partial charge in [0, 0.05) is 13.3 Å². The molecule has 0 aliphatic rings. The van der Waals surface area contributed by atoms with Crippen molar-refractivity contribution in [3.8, 4) is 0 Å². The number of methoxy groups -OCH3 is 1. The molecule has 5 nitrogen and oxygen atoms in total. The molecule has 0 radical (unpaired) electrons. The third kappa shape index (κ3) is 2.71. The second-order valence-corrected chi connectivity index (χ2v) is 2.28. The highest BCUT2D eigenvalue weighted by molar-refractivity contribution is 5.90. The number of hydrogen-bond donors (Lipinski definition) is 2. The first kappa shape index (κ1) is 8.73. The molecule has 0 fully saturated rings. The fraction of sp³-hybridized carbons (Fsp3) is 0.429. The van der Waals surface area contributed by atoms with Crippen molar-refractivity contribution in [2.45, 2.75) is 6.42 Å². The number of carbonyl (C=O) groups is 1. The van der Waals surface area contributed by atoms with Gasteiger partial charge in [0.15, 0.2) is 0 Å². The highest BCUT2D eigenvalue weighted by Gasteiger charge is 2.01. The maximum atomic E-state index is 11.0. The van der Waals surface area contributed by atoms with E-state index in [0.717, 1.165) is 0 Å². The lowest BCUT2D eigenvalue weighted by Crippen LogP contribution is -2.12. The van der Waals surface area contributed by atoms with Gasteiger partial charge in [-0.3, -0.25) is 9.89 Å². The monoisotopic (exact) mass is 169 g/mol. The van der Waals surface area contributed by atoms with Crippen LogP contribution in [0.1, 0.15) is 6.42 Å². The molecular formula is C7H11N3O2. The summed E-state index contributed by atoms with van der Waals surface area (Å²) in [5.41, 5.74) is 0.677. The van der Waals surface area contributed by atoms with E-state index >= 15 is 0 Å². The van der Waals surface area contributed by atoms with Gasteiger partial charge in [0.1, 0.15) is 0 Å². The number of carbonyl (C=O) groups excluding carboxylic acids is 1. The quantitative estimate of drug-likeness (QED) is 0.684. The van der Waals surface area contributed by atoms with E-state index < -0.39 is 0 Å². The Labute approximate surface area is 70.1 Å². The van der Waals surface area contributed by atoms with Crippen LogP contribution in [-0.4, -0.2) is 29.8 Å². The van der Waals surface area contributed by atoms with Crippen molar-refractivity contribution in [3.63, 3.8) is 0 Å². The number of aromatic nitrogens is 2. The Morgan fingerprint density at radius 2 is 2.67 bits per heavy atom. The molecule has 0 aromatic carbocycles. The molecule has 2 N–H and O–H groups in total. The minimum absolute atomic E-state index is 0.0711. The molecule has 5 heteroatoms. The number of nitrogens with zero attached hydrogens (tertiary/aromatic N) is 1. The first-order valence-corrected chi connectivity index (χ1v) is 3.60. The summed E-state index contributed by atoms with van der Waals surface area (Å²) in [4.78, 5) is 11.0. The number of ether oxygens (including phenoxy) is 1.